The summed E-state index contributed by atoms with van der Waals surface area (Å²) in [6.07, 6.45) is 1.41. The lowest BCUT2D eigenvalue weighted by atomic mass is 10.1. The molecule has 0 aliphatic carbocycles. The summed E-state index contributed by atoms with van der Waals surface area (Å²) in [5.41, 5.74) is 1.27. The summed E-state index contributed by atoms with van der Waals surface area (Å²) in [7, 11) is 1.46. The van der Waals surface area contributed by atoms with E-state index in [1.54, 1.807) is 42.5 Å². The number of amides is 2. The quantitative estimate of drug-likeness (QED) is 0.0822. The minimum atomic E-state index is -0.671. The van der Waals surface area contributed by atoms with Crippen LogP contribution in [0.5, 0.6) is 11.5 Å². The Hall–Kier alpha value is -3.26. The largest absolute Gasteiger partial charge is 0.493 e. The number of nitrogens with one attached hydrogen (secondary N) is 1. The first-order valence-corrected chi connectivity index (χ1v) is 12.9. The number of nitro groups is 1. The lowest BCUT2D eigenvalue weighted by molar-refractivity contribution is -0.384. The lowest BCUT2D eigenvalue weighted by Crippen LogP contribution is -2.54. The normalized spacial score (nSPS) is 14.5. The molecule has 1 heterocycles. The number of carbonyl (C=O) groups excluding carboxylic acids is 2. The van der Waals surface area contributed by atoms with Crippen molar-refractivity contribution in [1.82, 2.24) is 5.32 Å². The first kappa shape index (κ1) is 27.8. The van der Waals surface area contributed by atoms with Crippen LogP contribution in [0.1, 0.15) is 11.1 Å². The van der Waals surface area contributed by atoms with Gasteiger partial charge in [-0.2, -0.15) is 0 Å². The SMILES string of the molecule is COc1cc(/C=C2\C(=O)NC(=S)N(c3cccc(Cl)c3Cl)C2=O)cc(I)c1OCc1ccc([N+](=O)[O-])cc1. The van der Waals surface area contributed by atoms with E-state index in [0.717, 1.165) is 10.5 Å². The predicted molar refractivity (Wildman–Crippen MR) is 156 cm³/mol. The van der Waals surface area contributed by atoms with Gasteiger partial charge in [0, 0.05) is 12.1 Å². The topological polar surface area (TPSA) is 111 Å². The molecule has 0 saturated carbocycles. The Bertz CT molecular complexity index is 1510. The molecular weight excluding hydrogens is 668 g/mol. The van der Waals surface area contributed by atoms with E-state index in [2.05, 4.69) is 5.32 Å². The molecule has 3 aromatic carbocycles. The lowest BCUT2D eigenvalue weighted by Gasteiger charge is -2.29. The fourth-order valence-electron chi connectivity index (χ4n) is 3.54. The van der Waals surface area contributed by atoms with Crippen molar-refractivity contribution in [3.63, 3.8) is 0 Å². The van der Waals surface area contributed by atoms with Crippen LogP contribution in [-0.2, 0) is 16.2 Å². The molecule has 0 atom stereocenters. The van der Waals surface area contributed by atoms with Gasteiger partial charge in [-0.3, -0.25) is 29.9 Å². The molecule has 0 radical (unpaired) electrons. The summed E-state index contributed by atoms with van der Waals surface area (Å²) in [6, 6.07) is 14.1. The van der Waals surface area contributed by atoms with Gasteiger partial charge in [0.1, 0.15) is 12.2 Å². The molecule has 1 saturated heterocycles. The van der Waals surface area contributed by atoms with Crippen LogP contribution in [0.4, 0.5) is 11.4 Å². The smallest absolute Gasteiger partial charge is 0.270 e. The maximum Gasteiger partial charge on any atom is 0.270 e. The van der Waals surface area contributed by atoms with Crippen LogP contribution in [0, 0.1) is 13.7 Å². The zero-order valence-electron chi connectivity index (χ0n) is 19.4. The van der Waals surface area contributed by atoms with Crippen molar-refractivity contribution in [3.05, 3.63) is 95.0 Å². The molecule has 2 amide bonds. The van der Waals surface area contributed by atoms with Gasteiger partial charge < -0.3 is 9.47 Å². The number of non-ortho nitro benzene ring substituents is 1. The van der Waals surface area contributed by atoms with E-state index in [0.29, 0.717) is 20.6 Å². The molecule has 0 bridgehead atoms. The number of halogens is 3. The standard InChI is InChI=1S/C25H16Cl2IN3O6S/c1-36-20-11-14(10-18(28)22(20)37-12-13-5-7-15(8-6-13)31(34)35)9-16-23(32)29-25(38)30(24(16)33)19-4-2-3-17(26)21(19)27/h2-11H,12H2,1H3,(H,29,32,38)/b16-9+. The highest BCUT2D eigenvalue weighted by Crippen LogP contribution is 2.37. The van der Waals surface area contributed by atoms with Gasteiger partial charge in [-0.1, -0.05) is 29.3 Å². The van der Waals surface area contributed by atoms with Gasteiger partial charge in [-0.25, -0.2) is 0 Å². The highest BCUT2D eigenvalue weighted by atomic mass is 127. The van der Waals surface area contributed by atoms with E-state index in [1.807, 2.05) is 22.6 Å². The van der Waals surface area contributed by atoms with Gasteiger partial charge in [-0.15, -0.1) is 0 Å². The molecule has 194 valence electrons. The van der Waals surface area contributed by atoms with Crippen molar-refractivity contribution >= 4 is 92.4 Å². The molecular formula is C25H16Cl2IN3O6S. The highest BCUT2D eigenvalue weighted by molar-refractivity contribution is 14.1. The summed E-state index contributed by atoms with van der Waals surface area (Å²) < 4.78 is 12.1. The van der Waals surface area contributed by atoms with Crippen LogP contribution in [-0.4, -0.2) is 29.0 Å². The van der Waals surface area contributed by atoms with E-state index < -0.39 is 16.7 Å². The molecule has 9 nitrogen and oxygen atoms in total. The van der Waals surface area contributed by atoms with Crippen LogP contribution in [0.15, 0.2) is 60.2 Å². The number of benzene rings is 3. The summed E-state index contributed by atoms with van der Waals surface area (Å²) in [5.74, 6) is -0.543. The fourth-order valence-corrected chi connectivity index (χ4v) is 4.98. The van der Waals surface area contributed by atoms with E-state index in [1.165, 1.54) is 25.3 Å². The maximum atomic E-state index is 13.4. The highest BCUT2D eigenvalue weighted by Gasteiger charge is 2.35. The number of anilines is 1. The number of hydrogen-bond donors (Lipinski definition) is 1. The summed E-state index contributed by atoms with van der Waals surface area (Å²) in [5, 5.41) is 13.6. The van der Waals surface area contributed by atoms with Crippen molar-refractivity contribution in [3.8, 4) is 11.5 Å². The number of ether oxygens (including phenoxy) is 2. The second-order valence-corrected chi connectivity index (χ2v) is 10.1. The van der Waals surface area contributed by atoms with Gasteiger partial charge in [0.25, 0.3) is 17.5 Å². The Morgan fingerprint density at radius 1 is 1.16 bits per heavy atom. The van der Waals surface area contributed by atoms with Gasteiger partial charge >= 0.3 is 0 Å². The van der Waals surface area contributed by atoms with Crippen molar-refractivity contribution in [2.45, 2.75) is 6.61 Å². The Morgan fingerprint density at radius 2 is 1.87 bits per heavy atom. The van der Waals surface area contributed by atoms with Crippen LogP contribution in [0.25, 0.3) is 6.08 Å². The van der Waals surface area contributed by atoms with E-state index in [4.69, 9.17) is 44.9 Å². The molecule has 1 aliphatic rings. The minimum Gasteiger partial charge on any atom is -0.493 e. The fraction of sp³-hybridized carbons (Fsp3) is 0.0800. The molecule has 0 aromatic heterocycles. The zero-order chi connectivity index (χ0) is 27.6. The second-order valence-electron chi connectivity index (χ2n) is 7.78. The van der Waals surface area contributed by atoms with Crippen LogP contribution in [0.2, 0.25) is 10.0 Å². The number of rotatable bonds is 7. The van der Waals surface area contributed by atoms with Gasteiger partial charge in [0.15, 0.2) is 16.6 Å². The Morgan fingerprint density at radius 3 is 2.53 bits per heavy atom. The van der Waals surface area contributed by atoms with Crippen molar-refractivity contribution < 1.29 is 24.0 Å². The average Bonchev–Trinajstić information content (AvgIpc) is 2.88. The summed E-state index contributed by atoms with van der Waals surface area (Å²) >= 11 is 19.7. The molecule has 0 spiro atoms. The van der Waals surface area contributed by atoms with Crippen molar-refractivity contribution in [2.24, 2.45) is 0 Å². The third-order valence-electron chi connectivity index (χ3n) is 5.37. The molecule has 4 rings (SSSR count). The zero-order valence-corrected chi connectivity index (χ0v) is 23.9. The first-order chi connectivity index (χ1) is 18.1. The number of carbonyl (C=O) groups is 2. The van der Waals surface area contributed by atoms with Gasteiger partial charge in [-0.05, 0) is 88.4 Å². The predicted octanol–water partition coefficient (Wildman–Crippen LogP) is 5.93. The molecule has 1 aliphatic heterocycles. The molecule has 3 aromatic rings. The Kier molecular flexibility index (Phi) is 8.51. The first-order valence-electron chi connectivity index (χ1n) is 10.7. The maximum absolute atomic E-state index is 13.4. The number of thiocarbonyl (C=S) groups is 1. The molecule has 13 heteroatoms. The van der Waals surface area contributed by atoms with E-state index in [9.17, 15) is 19.7 Å². The number of nitro benzene ring substituents is 1. The summed E-state index contributed by atoms with van der Waals surface area (Å²) in [4.78, 5) is 37.6. The van der Waals surface area contributed by atoms with Crippen LogP contribution in [0.3, 0.4) is 0 Å². The Balaban J connectivity index is 1.63. The van der Waals surface area contributed by atoms with Gasteiger partial charge in [0.2, 0.25) is 0 Å². The van der Waals surface area contributed by atoms with E-state index in [-0.39, 0.29) is 38.7 Å². The van der Waals surface area contributed by atoms with Crippen LogP contribution < -0.4 is 19.7 Å². The Labute approximate surface area is 245 Å². The molecule has 1 N–H and O–H groups in total. The third-order valence-corrected chi connectivity index (χ3v) is 7.26. The molecule has 38 heavy (non-hydrogen) atoms. The average molecular weight is 684 g/mol. The minimum absolute atomic E-state index is 0.0171. The number of nitrogens with zero attached hydrogens (tertiary/aromatic N) is 2. The summed E-state index contributed by atoms with van der Waals surface area (Å²) in [6.45, 7) is 0.137. The van der Waals surface area contributed by atoms with E-state index >= 15 is 0 Å². The number of methoxy groups -OCH3 is 1. The second kappa shape index (κ2) is 11.6. The third kappa shape index (κ3) is 5.75. The van der Waals surface area contributed by atoms with Crippen molar-refractivity contribution in [2.75, 3.05) is 12.0 Å². The molecule has 1 fully saturated rings. The number of hydrogen-bond acceptors (Lipinski definition) is 7. The van der Waals surface area contributed by atoms with Crippen LogP contribution >= 0.6 is 58.0 Å². The monoisotopic (exact) mass is 683 g/mol. The van der Waals surface area contributed by atoms with Gasteiger partial charge in [0.05, 0.1) is 31.3 Å². The molecule has 0 unspecified atom stereocenters. The van der Waals surface area contributed by atoms with Crippen molar-refractivity contribution in [1.29, 1.82) is 0 Å².